The molecule has 2 rings (SSSR count). The number of benzene rings is 1. The smallest absolute Gasteiger partial charge is 0.323 e. The van der Waals surface area contributed by atoms with E-state index in [4.69, 9.17) is 5.11 Å². The number of carbonyl (C=O) groups excluding carboxylic acids is 1. The Balaban J connectivity index is 2.42. The summed E-state index contributed by atoms with van der Waals surface area (Å²) in [5.74, 6) is -1.81. The standard InChI is InChI=1S/C14H12N2O4/c17-12(18)9-16(10-5-2-1-3-6-10)14(20)11-7-4-8-15-13(11)19/h1-8H,9H2,(H,15,19)(H,17,18). The van der Waals surface area contributed by atoms with Crippen molar-refractivity contribution in [3.05, 3.63) is 64.6 Å². The van der Waals surface area contributed by atoms with Crippen LogP contribution in [-0.4, -0.2) is 28.5 Å². The van der Waals surface area contributed by atoms with E-state index in [1.54, 1.807) is 30.3 Å². The van der Waals surface area contributed by atoms with Crippen LogP contribution >= 0.6 is 0 Å². The lowest BCUT2D eigenvalue weighted by Gasteiger charge is -2.20. The van der Waals surface area contributed by atoms with Gasteiger partial charge in [-0.1, -0.05) is 18.2 Å². The summed E-state index contributed by atoms with van der Waals surface area (Å²) in [6, 6.07) is 11.2. The molecule has 6 heteroatoms. The third kappa shape index (κ3) is 2.92. The second-order valence-electron chi connectivity index (χ2n) is 4.03. The molecule has 0 fully saturated rings. The number of aromatic nitrogens is 1. The molecule has 6 nitrogen and oxygen atoms in total. The minimum Gasteiger partial charge on any atom is -0.480 e. The topological polar surface area (TPSA) is 90.5 Å². The van der Waals surface area contributed by atoms with Crippen molar-refractivity contribution in [3.8, 4) is 0 Å². The summed E-state index contributed by atoms with van der Waals surface area (Å²) >= 11 is 0. The van der Waals surface area contributed by atoms with Crippen LogP contribution in [-0.2, 0) is 4.79 Å². The molecule has 0 aliphatic heterocycles. The number of carbonyl (C=O) groups is 2. The van der Waals surface area contributed by atoms with Crippen molar-refractivity contribution in [1.29, 1.82) is 0 Å². The van der Waals surface area contributed by atoms with Crippen LogP contribution in [0.25, 0.3) is 0 Å². The highest BCUT2D eigenvalue weighted by Crippen LogP contribution is 2.15. The third-order valence-corrected chi connectivity index (χ3v) is 2.65. The molecule has 0 spiro atoms. The van der Waals surface area contributed by atoms with Gasteiger partial charge in [0, 0.05) is 11.9 Å². The molecule has 0 saturated carbocycles. The third-order valence-electron chi connectivity index (χ3n) is 2.65. The molecule has 1 aromatic carbocycles. The predicted octanol–water partition coefficient (Wildman–Crippen LogP) is 1.11. The fourth-order valence-electron chi connectivity index (χ4n) is 1.76. The number of amides is 1. The van der Waals surface area contributed by atoms with Gasteiger partial charge in [-0.25, -0.2) is 0 Å². The quantitative estimate of drug-likeness (QED) is 0.872. The summed E-state index contributed by atoms with van der Waals surface area (Å²) in [5, 5.41) is 8.93. The lowest BCUT2D eigenvalue weighted by molar-refractivity contribution is -0.135. The highest BCUT2D eigenvalue weighted by molar-refractivity contribution is 6.07. The Morgan fingerprint density at radius 2 is 1.80 bits per heavy atom. The maximum absolute atomic E-state index is 12.3. The fourth-order valence-corrected chi connectivity index (χ4v) is 1.76. The largest absolute Gasteiger partial charge is 0.480 e. The minimum atomic E-state index is -1.16. The van der Waals surface area contributed by atoms with Gasteiger partial charge in [0.05, 0.1) is 0 Å². The van der Waals surface area contributed by atoms with Crippen LogP contribution in [0.3, 0.4) is 0 Å². The number of carboxylic acids is 1. The number of carboxylic acid groups (broad SMARTS) is 1. The Labute approximate surface area is 114 Å². The van der Waals surface area contributed by atoms with Gasteiger partial charge >= 0.3 is 5.97 Å². The number of nitrogens with zero attached hydrogens (tertiary/aromatic N) is 1. The molecule has 2 N–H and O–H groups in total. The Bertz CT molecular complexity index is 679. The minimum absolute atomic E-state index is 0.0994. The lowest BCUT2D eigenvalue weighted by Crippen LogP contribution is -2.38. The van der Waals surface area contributed by atoms with Crippen molar-refractivity contribution >= 4 is 17.6 Å². The van der Waals surface area contributed by atoms with Crippen LogP contribution in [0.2, 0.25) is 0 Å². The van der Waals surface area contributed by atoms with E-state index in [9.17, 15) is 14.4 Å². The van der Waals surface area contributed by atoms with Crippen LogP contribution in [0.1, 0.15) is 10.4 Å². The molecular weight excluding hydrogens is 260 g/mol. The Kier molecular flexibility index (Phi) is 3.95. The molecule has 0 aliphatic rings. The lowest BCUT2D eigenvalue weighted by atomic mass is 10.2. The average Bonchev–Trinajstić information content (AvgIpc) is 2.45. The second-order valence-corrected chi connectivity index (χ2v) is 4.03. The first-order valence-corrected chi connectivity index (χ1v) is 5.86. The monoisotopic (exact) mass is 272 g/mol. The molecular formula is C14H12N2O4. The first-order valence-electron chi connectivity index (χ1n) is 5.86. The molecule has 1 amide bonds. The van der Waals surface area contributed by atoms with E-state index in [1.165, 1.54) is 18.3 Å². The zero-order chi connectivity index (χ0) is 14.5. The number of hydrogen-bond donors (Lipinski definition) is 2. The summed E-state index contributed by atoms with van der Waals surface area (Å²) in [7, 11) is 0. The van der Waals surface area contributed by atoms with Crippen molar-refractivity contribution < 1.29 is 14.7 Å². The number of anilines is 1. The average molecular weight is 272 g/mol. The SMILES string of the molecule is O=C(O)CN(C(=O)c1ccc[nH]c1=O)c1ccccc1. The van der Waals surface area contributed by atoms with Crippen LogP contribution in [0.15, 0.2) is 53.5 Å². The van der Waals surface area contributed by atoms with Gasteiger partial charge in [0.25, 0.3) is 11.5 Å². The molecule has 102 valence electrons. The van der Waals surface area contributed by atoms with Gasteiger partial charge in [-0.2, -0.15) is 0 Å². The number of rotatable bonds is 4. The summed E-state index contributed by atoms with van der Waals surface area (Å²) in [6.45, 7) is -0.517. The fraction of sp³-hybridized carbons (Fsp3) is 0.0714. The van der Waals surface area contributed by atoms with E-state index in [2.05, 4.69) is 4.98 Å². The molecule has 0 bridgehead atoms. The van der Waals surface area contributed by atoms with Gasteiger partial charge in [0.1, 0.15) is 12.1 Å². The molecule has 1 heterocycles. The number of para-hydroxylation sites is 1. The summed E-state index contributed by atoms with van der Waals surface area (Å²) in [4.78, 5) is 38.3. The van der Waals surface area contributed by atoms with Gasteiger partial charge < -0.3 is 10.1 Å². The van der Waals surface area contributed by atoms with Gasteiger partial charge in [-0.05, 0) is 24.3 Å². The number of pyridine rings is 1. The molecule has 0 radical (unpaired) electrons. The van der Waals surface area contributed by atoms with Crippen LogP contribution in [0.5, 0.6) is 0 Å². The predicted molar refractivity (Wildman–Crippen MR) is 72.8 cm³/mol. The van der Waals surface area contributed by atoms with Crippen LogP contribution < -0.4 is 10.5 Å². The number of hydrogen-bond acceptors (Lipinski definition) is 3. The van der Waals surface area contributed by atoms with Crippen molar-refractivity contribution in [2.45, 2.75) is 0 Å². The second kappa shape index (κ2) is 5.83. The van der Waals surface area contributed by atoms with Gasteiger partial charge in [0.15, 0.2) is 0 Å². The van der Waals surface area contributed by atoms with E-state index in [-0.39, 0.29) is 5.56 Å². The normalized spacial score (nSPS) is 10.0. The van der Waals surface area contributed by atoms with E-state index in [0.29, 0.717) is 5.69 Å². The van der Waals surface area contributed by atoms with Crippen molar-refractivity contribution in [2.75, 3.05) is 11.4 Å². The van der Waals surface area contributed by atoms with Crippen LogP contribution in [0.4, 0.5) is 5.69 Å². The molecule has 2 aromatic rings. The van der Waals surface area contributed by atoms with E-state index >= 15 is 0 Å². The Hall–Kier alpha value is -2.89. The van der Waals surface area contributed by atoms with E-state index < -0.39 is 24.0 Å². The molecule has 0 aliphatic carbocycles. The number of H-pyrrole nitrogens is 1. The van der Waals surface area contributed by atoms with Crippen molar-refractivity contribution in [3.63, 3.8) is 0 Å². The zero-order valence-corrected chi connectivity index (χ0v) is 10.4. The molecule has 0 unspecified atom stereocenters. The Morgan fingerprint density at radius 1 is 1.10 bits per heavy atom. The van der Waals surface area contributed by atoms with E-state index in [1.807, 2.05) is 0 Å². The van der Waals surface area contributed by atoms with Crippen LogP contribution in [0, 0.1) is 0 Å². The van der Waals surface area contributed by atoms with Gasteiger partial charge in [-0.3, -0.25) is 19.3 Å². The maximum Gasteiger partial charge on any atom is 0.323 e. The molecule has 0 atom stereocenters. The first-order chi connectivity index (χ1) is 9.59. The van der Waals surface area contributed by atoms with Gasteiger partial charge in [0.2, 0.25) is 0 Å². The highest BCUT2D eigenvalue weighted by atomic mass is 16.4. The molecule has 20 heavy (non-hydrogen) atoms. The molecule has 0 saturated heterocycles. The highest BCUT2D eigenvalue weighted by Gasteiger charge is 2.22. The summed E-state index contributed by atoms with van der Waals surface area (Å²) in [6.07, 6.45) is 1.41. The number of aliphatic carboxylic acids is 1. The van der Waals surface area contributed by atoms with Crippen molar-refractivity contribution in [2.24, 2.45) is 0 Å². The Morgan fingerprint density at radius 3 is 2.40 bits per heavy atom. The van der Waals surface area contributed by atoms with E-state index in [0.717, 1.165) is 4.90 Å². The first kappa shape index (κ1) is 13.5. The summed E-state index contributed by atoms with van der Waals surface area (Å²) in [5.41, 5.74) is -0.232. The number of nitrogens with one attached hydrogen (secondary N) is 1. The van der Waals surface area contributed by atoms with Crippen molar-refractivity contribution in [1.82, 2.24) is 4.98 Å². The zero-order valence-electron chi connectivity index (χ0n) is 10.4. The maximum atomic E-state index is 12.3. The molecule has 1 aromatic heterocycles. The summed E-state index contributed by atoms with van der Waals surface area (Å²) < 4.78 is 0. The number of aromatic amines is 1. The van der Waals surface area contributed by atoms with Gasteiger partial charge in [-0.15, -0.1) is 0 Å².